The summed E-state index contributed by atoms with van der Waals surface area (Å²) in [5.74, 6) is -0.0377. The molecule has 0 bridgehead atoms. The minimum atomic E-state index is -0.299. The fourth-order valence-electron chi connectivity index (χ4n) is 2.09. The molecule has 1 amide bonds. The molecule has 0 heterocycles. The van der Waals surface area contributed by atoms with Crippen molar-refractivity contribution in [2.75, 3.05) is 10.6 Å². The number of hydrogen-bond acceptors (Lipinski definition) is 2. The summed E-state index contributed by atoms with van der Waals surface area (Å²) in [7, 11) is 0. The number of carbonyl (C=O) groups excluding carboxylic acids is 1. The van der Waals surface area contributed by atoms with Crippen LogP contribution in [0.25, 0.3) is 0 Å². The lowest BCUT2D eigenvalue weighted by molar-refractivity contribution is -0.116. The van der Waals surface area contributed by atoms with E-state index in [0.29, 0.717) is 0 Å². The van der Waals surface area contributed by atoms with Gasteiger partial charge in [0, 0.05) is 11.4 Å². The summed E-state index contributed by atoms with van der Waals surface area (Å²) in [5.41, 5.74) is 5.30. The molecule has 110 valence electrons. The van der Waals surface area contributed by atoms with E-state index in [1.807, 2.05) is 70.2 Å². The van der Waals surface area contributed by atoms with Crippen LogP contribution in [0.15, 0.2) is 42.5 Å². The summed E-state index contributed by atoms with van der Waals surface area (Å²) >= 11 is 0. The number of anilines is 2. The minimum absolute atomic E-state index is 0.0377. The molecule has 0 saturated heterocycles. The van der Waals surface area contributed by atoms with Gasteiger partial charge in [0.1, 0.15) is 6.04 Å². The van der Waals surface area contributed by atoms with Gasteiger partial charge >= 0.3 is 0 Å². The topological polar surface area (TPSA) is 41.1 Å². The van der Waals surface area contributed by atoms with Crippen molar-refractivity contribution >= 4 is 17.3 Å². The zero-order chi connectivity index (χ0) is 15.4. The van der Waals surface area contributed by atoms with Crippen LogP contribution < -0.4 is 10.6 Å². The second-order valence-corrected chi connectivity index (χ2v) is 5.47. The predicted octanol–water partition coefficient (Wildman–Crippen LogP) is 4.05. The van der Waals surface area contributed by atoms with Crippen molar-refractivity contribution in [1.82, 2.24) is 0 Å². The van der Waals surface area contributed by atoms with Gasteiger partial charge in [-0.2, -0.15) is 0 Å². The first kappa shape index (κ1) is 15.1. The van der Waals surface area contributed by atoms with Crippen molar-refractivity contribution < 1.29 is 4.79 Å². The van der Waals surface area contributed by atoms with Gasteiger partial charge in [-0.05, 0) is 57.0 Å². The third-order valence-corrected chi connectivity index (χ3v) is 3.69. The Morgan fingerprint density at radius 3 is 2.33 bits per heavy atom. The summed E-state index contributed by atoms with van der Waals surface area (Å²) in [6, 6.07) is 13.6. The molecule has 0 aliphatic rings. The first-order valence-corrected chi connectivity index (χ1v) is 7.17. The molecular formula is C18H22N2O. The fourth-order valence-corrected chi connectivity index (χ4v) is 2.09. The summed E-state index contributed by atoms with van der Waals surface area (Å²) in [6.07, 6.45) is 0. The lowest BCUT2D eigenvalue weighted by Crippen LogP contribution is -2.32. The molecule has 0 aliphatic heterocycles. The smallest absolute Gasteiger partial charge is 0.246 e. The summed E-state index contributed by atoms with van der Waals surface area (Å²) < 4.78 is 0. The van der Waals surface area contributed by atoms with E-state index >= 15 is 0 Å². The third-order valence-electron chi connectivity index (χ3n) is 3.69. The Morgan fingerprint density at radius 2 is 1.67 bits per heavy atom. The van der Waals surface area contributed by atoms with Crippen LogP contribution in [-0.4, -0.2) is 11.9 Å². The lowest BCUT2D eigenvalue weighted by Gasteiger charge is -2.17. The molecule has 21 heavy (non-hydrogen) atoms. The van der Waals surface area contributed by atoms with Crippen molar-refractivity contribution in [1.29, 1.82) is 0 Å². The van der Waals surface area contributed by atoms with Gasteiger partial charge in [0.2, 0.25) is 5.91 Å². The fraction of sp³-hybridized carbons (Fsp3) is 0.278. The van der Waals surface area contributed by atoms with E-state index < -0.39 is 0 Å². The van der Waals surface area contributed by atoms with E-state index in [0.717, 1.165) is 16.9 Å². The first-order chi connectivity index (χ1) is 9.97. The van der Waals surface area contributed by atoms with Crippen molar-refractivity contribution in [3.8, 4) is 0 Å². The van der Waals surface area contributed by atoms with Crippen LogP contribution in [0.2, 0.25) is 0 Å². The van der Waals surface area contributed by atoms with Gasteiger partial charge in [-0.3, -0.25) is 4.79 Å². The van der Waals surface area contributed by atoms with Crippen molar-refractivity contribution in [3.05, 3.63) is 59.2 Å². The number of carbonyl (C=O) groups is 1. The molecule has 2 N–H and O–H groups in total. The second-order valence-electron chi connectivity index (χ2n) is 5.47. The molecule has 0 aromatic heterocycles. The normalized spacial score (nSPS) is 11.8. The van der Waals surface area contributed by atoms with Gasteiger partial charge in [0.05, 0.1) is 0 Å². The van der Waals surface area contributed by atoms with Crippen LogP contribution in [0.1, 0.15) is 23.6 Å². The summed E-state index contributed by atoms with van der Waals surface area (Å²) in [4.78, 5) is 12.3. The SMILES string of the molecule is Cc1ccc(NC(C)C(=O)Nc2cccc(C)c2C)cc1. The van der Waals surface area contributed by atoms with Gasteiger partial charge < -0.3 is 10.6 Å². The monoisotopic (exact) mass is 282 g/mol. The van der Waals surface area contributed by atoms with Gasteiger partial charge in [-0.15, -0.1) is 0 Å². The maximum Gasteiger partial charge on any atom is 0.246 e. The van der Waals surface area contributed by atoms with Crippen molar-refractivity contribution in [3.63, 3.8) is 0 Å². The number of hydrogen-bond donors (Lipinski definition) is 2. The quantitative estimate of drug-likeness (QED) is 0.888. The molecule has 0 spiro atoms. The number of amides is 1. The predicted molar refractivity (Wildman–Crippen MR) is 88.8 cm³/mol. The van der Waals surface area contributed by atoms with Crippen molar-refractivity contribution in [2.24, 2.45) is 0 Å². The van der Waals surface area contributed by atoms with E-state index in [2.05, 4.69) is 10.6 Å². The van der Waals surface area contributed by atoms with Crippen LogP contribution in [0.5, 0.6) is 0 Å². The van der Waals surface area contributed by atoms with E-state index in [1.165, 1.54) is 11.1 Å². The molecule has 0 saturated carbocycles. The Morgan fingerprint density at radius 1 is 1.00 bits per heavy atom. The second kappa shape index (κ2) is 6.44. The van der Waals surface area contributed by atoms with E-state index in [9.17, 15) is 4.79 Å². The van der Waals surface area contributed by atoms with Gasteiger partial charge in [0.25, 0.3) is 0 Å². The Bertz CT molecular complexity index is 632. The highest BCUT2D eigenvalue weighted by molar-refractivity contribution is 5.96. The van der Waals surface area contributed by atoms with Crippen molar-refractivity contribution in [2.45, 2.75) is 33.7 Å². The van der Waals surface area contributed by atoms with Gasteiger partial charge in [0.15, 0.2) is 0 Å². The average molecular weight is 282 g/mol. The highest BCUT2D eigenvalue weighted by Crippen LogP contribution is 2.18. The zero-order valence-corrected chi connectivity index (χ0v) is 13.0. The minimum Gasteiger partial charge on any atom is -0.374 e. The molecular weight excluding hydrogens is 260 g/mol. The number of rotatable bonds is 4. The maximum absolute atomic E-state index is 12.3. The number of nitrogens with one attached hydrogen (secondary N) is 2. The summed E-state index contributed by atoms with van der Waals surface area (Å²) in [6.45, 7) is 7.96. The van der Waals surface area contributed by atoms with Gasteiger partial charge in [-0.25, -0.2) is 0 Å². The molecule has 3 heteroatoms. The maximum atomic E-state index is 12.3. The highest BCUT2D eigenvalue weighted by Gasteiger charge is 2.14. The molecule has 3 nitrogen and oxygen atoms in total. The highest BCUT2D eigenvalue weighted by atomic mass is 16.2. The number of aryl methyl sites for hydroxylation is 2. The van der Waals surface area contributed by atoms with E-state index in [-0.39, 0.29) is 11.9 Å². The lowest BCUT2D eigenvalue weighted by atomic mass is 10.1. The van der Waals surface area contributed by atoms with Crippen LogP contribution >= 0.6 is 0 Å². The molecule has 2 aromatic carbocycles. The summed E-state index contributed by atoms with van der Waals surface area (Å²) in [5, 5.41) is 6.19. The largest absolute Gasteiger partial charge is 0.374 e. The van der Waals surface area contributed by atoms with E-state index in [4.69, 9.17) is 0 Å². The standard InChI is InChI=1S/C18H22N2O/c1-12-8-10-16(11-9-12)19-15(4)18(21)20-17-7-5-6-13(2)14(17)3/h5-11,15,19H,1-4H3,(H,20,21). The van der Waals surface area contributed by atoms with Gasteiger partial charge in [-0.1, -0.05) is 29.8 Å². The molecule has 0 fully saturated rings. The van der Waals surface area contributed by atoms with E-state index in [1.54, 1.807) is 0 Å². The Hall–Kier alpha value is -2.29. The molecule has 1 unspecified atom stereocenters. The molecule has 0 radical (unpaired) electrons. The molecule has 1 atom stereocenters. The molecule has 2 rings (SSSR count). The average Bonchev–Trinajstić information content (AvgIpc) is 2.46. The number of benzene rings is 2. The van der Waals surface area contributed by atoms with Crippen LogP contribution in [-0.2, 0) is 4.79 Å². The third kappa shape index (κ3) is 3.85. The van der Waals surface area contributed by atoms with Crippen LogP contribution in [0.3, 0.4) is 0 Å². The van der Waals surface area contributed by atoms with Crippen LogP contribution in [0.4, 0.5) is 11.4 Å². The Labute approximate surface area is 126 Å². The first-order valence-electron chi connectivity index (χ1n) is 7.17. The zero-order valence-electron chi connectivity index (χ0n) is 13.0. The Kier molecular flexibility index (Phi) is 4.63. The Balaban J connectivity index is 2.02. The van der Waals surface area contributed by atoms with Crippen LogP contribution in [0, 0.1) is 20.8 Å². The molecule has 2 aromatic rings. The molecule has 0 aliphatic carbocycles.